The molecule has 0 N–H and O–H groups in total. The molecule has 0 amide bonds. The number of hydrogen-bond donors (Lipinski definition) is 0. The molecule has 0 spiro atoms. The van der Waals surface area contributed by atoms with Gasteiger partial charge in [-0.05, 0) is 13.8 Å². The molecule has 3 heterocycles. The molecule has 1 aromatic carbocycles. The van der Waals surface area contributed by atoms with Crippen molar-refractivity contribution >= 4 is 28.1 Å². The minimum atomic E-state index is -0.0358. The Morgan fingerprint density at radius 3 is 2.77 bits per heavy atom. The first-order valence-electron chi connectivity index (χ1n) is 8.25. The third-order valence-electron chi connectivity index (χ3n) is 4.04. The van der Waals surface area contributed by atoms with Crippen LogP contribution in [0.1, 0.15) is 18.3 Å². The first kappa shape index (κ1) is 17.0. The van der Waals surface area contributed by atoms with Crippen LogP contribution in [0.2, 0.25) is 0 Å². The summed E-state index contributed by atoms with van der Waals surface area (Å²) in [5, 5.41) is 11.5. The normalized spacial score (nSPS) is 11.3. The van der Waals surface area contributed by atoms with Gasteiger partial charge in [-0.1, -0.05) is 42.1 Å². The summed E-state index contributed by atoms with van der Waals surface area (Å²) in [4.78, 5) is 17.6. The summed E-state index contributed by atoms with van der Waals surface area (Å²) < 4.78 is 3.72. The molecule has 0 saturated carbocycles. The molecule has 26 heavy (non-hydrogen) atoms. The zero-order valence-corrected chi connectivity index (χ0v) is 16.0. The lowest BCUT2D eigenvalue weighted by Crippen LogP contribution is -2.14. The number of aromatic nitrogens is 5. The SMILES string of the molecule is CCn1c(SCc2cc(=O)n3c(C)csc3n2)nnc1-c1ccccc1. The van der Waals surface area contributed by atoms with E-state index in [0.717, 1.165) is 39.4 Å². The quantitative estimate of drug-likeness (QED) is 0.492. The Kier molecular flexibility index (Phi) is 4.60. The molecule has 4 rings (SSSR count). The average Bonchev–Trinajstić information content (AvgIpc) is 3.24. The topological polar surface area (TPSA) is 65.1 Å². The third kappa shape index (κ3) is 3.06. The zero-order chi connectivity index (χ0) is 18.1. The van der Waals surface area contributed by atoms with E-state index in [1.807, 2.05) is 42.6 Å². The standard InChI is InChI=1S/C18H17N5OS2/c1-3-22-16(13-7-5-4-6-8-13)20-21-18(22)26-11-14-9-15(24)23-12(2)10-25-17(23)19-14/h4-10H,3,11H2,1-2H3. The van der Waals surface area contributed by atoms with Crippen LogP contribution in [0.3, 0.4) is 0 Å². The van der Waals surface area contributed by atoms with Crippen molar-refractivity contribution in [1.29, 1.82) is 0 Å². The van der Waals surface area contributed by atoms with Crippen LogP contribution < -0.4 is 5.56 Å². The second-order valence-corrected chi connectivity index (χ2v) is 7.56. The van der Waals surface area contributed by atoms with Crippen molar-refractivity contribution in [1.82, 2.24) is 24.1 Å². The Bertz CT molecular complexity index is 1110. The highest BCUT2D eigenvalue weighted by atomic mass is 32.2. The van der Waals surface area contributed by atoms with Gasteiger partial charge in [-0.3, -0.25) is 9.20 Å². The molecule has 0 unspecified atom stereocenters. The molecule has 0 bridgehead atoms. The maximum Gasteiger partial charge on any atom is 0.258 e. The van der Waals surface area contributed by atoms with Gasteiger partial charge in [0.2, 0.25) is 0 Å². The molecule has 4 aromatic rings. The lowest BCUT2D eigenvalue weighted by atomic mass is 10.2. The van der Waals surface area contributed by atoms with Crippen molar-refractivity contribution in [2.45, 2.75) is 31.3 Å². The summed E-state index contributed by atoms with van der Waals surface area (Å²) >= 11 is 3.03. The highest BCUT2D eigenvalue weighted by Crippen LogP contribution is 2.26. The predicted octanol–water partition coefficient (Wildman–Crippen LogP) is 3.64. The van der Waals surface area contributed by atoms with Gasteiger partial charge >= 0.3 is 0 Å². The van der Waals surface area contributed by atoms with Crippen molar-refractivity contribution in [3.8, 4) is 11.4 Å². The Balaban J connectivity index is 1.61. The lowest BCUT2D eigenvalue weighted by molar-refractivity contribution is 0.687. The first-order chi connectivity index (χ1) is 12.7. The molecule has 8 heteroatoms. The van der Waals surface area contributed by atoms with Crippen molar-refractivity contribution in [2.75, 3.05) is 0 Å². The van der Waals surface area contributed by atoms with Crippen LogP contribution in [-0.4, -0.2) is 24.1 Å². The summed E-state index contributed by atoms with van der Waals surface area (Å²) in [6, 6.07) is 11.6. The maximum absolute atomic E-state index is 12.3. The van der Waals surface area contributed by atoms with Gasteiger partial charge < -0.3 is 4.57 Å². The molecule has 0 aliphatic rings. The molecule has 0 aliphatic heterocycles. The van der Waals surface area contributed by atoms with E-state index in [9.17, 15) is 4.79 Å². The third-order valence-corrected chi connectivity index (χ3v) is 5.99. The summed E-state index contributed by atoms with van der Waals surface area (Å²) in [5.74, 6) is 1.43. The molecule has 0 saturated heterocycles. The highest BCUT2D eigenvalue weighted by molar-refractivity contribution is 7.98. The lowest BCUT2D eigenvalue weighted by Gasteiger charge is -2.07. The molecule has 132 valence electrons. The Labute approximate surface area is 158 Å². The highest BCUT2D eigenvalue weighted by Gasteiger charge is 2.14. The number of thiazole rings is 1. The van der Waals surface area contributed by atoms with Gasteiger partial charge in [0.15, 0.2) is 15.9 Å². The Morgan fingerprint density at radius 1 is 1.19 bits per heavy atom. The van der Waals surface area contributed by atoms with Crippen molar-refractivity contribution < 1.29 is 0 Å². The number of aryl methyl sites for hydroxylation is 1. The molecule has 0 radical (unpaired) electrons. The second kappa shape index (κ2) is 7.05. The number of benzene rings is 1. The maximum atomic E-state index is 12.3. The smallest absolute Gasteiger partial charge is 0.258 e. The Hall–Kier alpha value is -2.45. The van der Waals surface area contributed by atoms with Crippen molar-refractivity contribution in [3.05, 3.63) is 63.5 Å². The number of nitrogens with zero attached hydrogens (tertiary/aromatic N) is 5. The molecule has 0 aliphatic carbocycles. The average molecular weight is 384 g/mol. The van der Waals surface area contributed by atoms with E-state index >= 15 is 0 Å². The van der Waals surface area contributed by atoms with Crippen molar-refractivity contribution in [2.24, 2.45) is 0 Å². The number of hydrogen-bond acceptors (Lipinski definition) is 6. The van der Waals surface area contributed by atoms with E-state index in [4.69, 9.17) is 0 Å². The van der Waals surface area contributed by atoms with Gasteiger partial charge in [-0.15, -0.1) is 21.5 Å². The molecule has 6 nitrogen and oxygen atoms in total. The van der Waals surface area contributed by atoms with Gasteiger partial charge in [0.05, 0.1) is 5.69 Å². The zero-order valence-electron chi connectivity index (χ0n) is 14.4. The number of fused-ring (bicyclic) bond motifs is 1. The summed E-state index contributed by atoms with van der Waals surface area (Å²) in [6.07, 6.45) is 0. The number of thioether (sulfide) groups is 1. The van der Waals surface area contributed by atoms with Crippen LogP contribution in [0.4, 0.5) is 0 Å². The van der Waals surface area contributed by atoms with E-state index in [0.29, 0.717) is 5.75 Å². The minimum absolute atomic E-state index is 0.0358. The van der Waals surface area contributed by atoms with E-state index in [1.165, 1.54) is 11.3 Å². The first-order valence-corrected chi connectivity index (χ1v) is 10.1. The van der Waals surface area contributed by atoms with E-state index in [-0.39, 0.29) is 5.56 Å². The number of rotatable bonds is 5. The fraction of sp³-hybridized carbons (Fsp3) is 0.222. The monoisotopic (exact) mass is 383 g/mol. The van der Waals surface area contributed by atoms with Crippen LogP contribution in [0.5, 0.6) is 0 Å². The van der Waals surface area contributed by atoms with Crippen molar-refractivity contribution in [3.63, 3.8) is 0 Å². The molecule has 0 atom stereocenters. The van der Waals surface area contributed by atoms with Crippen LogP contribution in [-0.2, 0) is 12.3 Å². The van der Waals surface area contributed by atoms with Crippen LogP contribution in [0.25, 0.3) is 16.3 Å². The summed E-state index contributed by atoms with van der Waals surface area (Å²) in [7, 11) is 0. The van der Waals surface area contributed by atoms with Gasteiger partial charge in [0.25, 0.3) is 5.56 Å². The van der Waals surface area contributed by atoms with E-state index < -0.39 is 0 Å². The van der Waals surface area contributed by atoms with E-state index in [1.54, 1.807) is 22.2 Å². The molecule has 0 fully saturated rings. The predicted molar refractivity (Wildman–Crippen MR) is 105 cm³/mol. The van der Waals surface area contributed by atoms with Crippen LogP contribution in [0, 0.1) is 6.92 Å². The van der Waals surface area contributed by atoms with Crippen LogP contribution >= 0.6 is 23.1 Å². The van der Waals surface area contributed by atoms with E-state index in [2.05, 4.69) is 26.7 Å². The Morgan fingerprint density at radius 2 is 2.00 bits per heavy atom. The van der Waals surface area contributed by atoms with Gasteiger partial charge in [0, 0.05) is 35.0 Å². The minimum Gasteiger partial charge on any atom is -0.302 e. The molecular formula is C18H17N5OS2. The fourth-order valence-corrected chi connectivity index (χ4v) is 4.58. The van der Waals surface area contributed by atoms with Gasteiger partial charge in [-0.25, -0.2) is 4.98 Å². The summed E-state index contributed by atoms with van der Waals surface area (Å²) in [5.41, 5.74) is 2.68. The van der Waals surface area contributed by atoms with Gasteiger partial charge in [-0.2, -0.15) is 0 Å². The van der Waals surface area contributed by atoms with Crippen LogP contribution in [0.15, 0.2) is 51.7 Å². The largest absolute Gasteiger partial charge is 0.302 e. The second-order valence-electron chi connectivity index (χ2n) is 5.79. The molecular weight excluding hydrogens is 366 g/mol. The fourth-order valence-electron chi connectivity index (χ4n) is 2.79. The summed E-state index contributed by atoms with van der Waals surface area (Å²) in [6.45, 7) is 4.76. The molecule has 3 aromatic heterocycles. The van der Waals surface area contributed by atoms with Gasteiger partial charge in [0.1, 0.15) is 0 Å².